The molecule has 0 radical (unpaired) electrons. The van der Waals surface area contributed by atoms with Crippen LogP contribution in [0.1, 0.15) is 39.0 Å². The van der Waals surface area contributed by atoms with Gasteiger partial charge in [0.1, 0.15) is 28.8 Å². The van der Waals surface area contributed by atoms with Crippen LogP contribution in [0.4, 0.5) is 0 Å². The normalized spacial score (nSPS) is 30.8. The summed E-state index contributed by atoms with van der Waals surface area (Å²) in [5.41, 5.74) is -1.08. The van der Waals surface area contributed by atoms with E-state index in [1.165, 1.54) is 13.2 Å². The molecule has 0 aromatic carbocycles. The van der Waals surface area contributed by atoms with E-state index in [9.17, 15) is 15.0 Å². The summed E-state index contributed by atoms with van der Waals surface area (Å²) in [5.74, 6) is 0.934. The fourth-order valence-corrected chi connectivity index (χ4v) is 3.38. The molecule has 0 aliphatic carbocycles. The van der Waals surface area contributed by atoms with E-state index in [4.69, 9.17) is 13.9 Å². The first-order valence-corrected chi connectivity index (χ1v) is 9.49. The van der Waals surface area contributed by atoms with E-state index >= 15 is 0 Å². The first-order valence-electron chi connectivity index (χ1n) is 9.49. The van der Waals surface area contributed by atoms with Crippen LogP contribution in [0.15, 0.2) is 57.3 Å². The summed E-state index contributed by atoms with van der Waals surface area (Å²) in [5, 5.41) is 20.8. The van der Waals surface area contributed by atoms with Gasteiger partial charge in [-0.1, -0.05) is 36.0 Å². The van der Waals surface area contributed by atoms with Crippen molar-refractivity contribution < 1.29 is 24.1 Å². The van der Waals surface area contributed by atoms with Crippen molar-refractivity contribution in [2.24, 2.45) is 0 Å². The smallest absolute Gasteiger partial charge is 0.339 e. The molecule has 1 aliphatic heterocycles. The van der Waals surface area contributed by atoms with Crippen LogP contribution in [-0.2, 0) is 4.74 Å². The van der Waals surface area contributed by atoms with Crippen LogP contribution in [0.5, 0.6) is 5.75 Å². The average Bonchev–Trinajstić information content (AvgIpc) is 2.79. The van der Waals surface area contributed by atoms with Crippen LogP contribution in [0, 0.1) is 6.92 Å². The molecule has 0 unspecified atom stereocenters. The summed E-state index contributed by atoms with van der Waals surface area (Å²) >= 11 is 0. The largest absolute Gasteiger partial charge is 0.496 e. The van der Waals surface area contributed by atoms with Crippen LogP contribution in [0.3, 0.4) is 0 Å². The minimum absolute atomic E-state index is 0.445. The number of hydrogen-bond acceptors (Lipinski definition) is 6. The Hall–Kier alpha value is -2.41. The SMILES string of the molecule is COc1cc(=O)oc(C=CC=CC=CC(C)=C[C@@]2(C)O[C@@H](C)[C@](C)(O)[C@H]2O)c1C. The van der Waals surface area contributed by atoms with Gasteiger partial charge in [-0.3, -0.25) is 0 Å². The molecule has 29 heavy (non-hydrogen) atoms. The highest BCUT2D eigenvalue weighted by Crippen LogP contribution is 2.39. The first-order chi connectivity index (χ1) is 13.5. The molecule has 1 aromatic rings. The maximum atomic E-state index is 11.5. The van der Waals surface area contributed by atoms with Crippen LogP contribution in [0.25, 0.3) is 6.08 Å². The molecule has 2 N–H and O–H groups in total. The molecule has 0 spiro atoms. The Kier molecular flexibility index (Phi) is 7.06. The number of allylic oxidation sites excluding steroid dienone is 6. The van der Waals surface area contributed by atoms with Crippen LogP contribution < -0.4 is 10.4 Å². The lowest BCUT2D eigenvalue weighted by atomic mass is 9.86. The van der Waals surface area contributed by atoms with E-state index < -0.39 is 29.0 Å². The summed E-state index contributed by atoms with van der Waals surface area (Å²) in [6.45, 7) is 8.79. The molecule has 1 aromatic heterocycles. The zero-order valence-corrected chi connectivity index (χ0v) is 17.8. The first kappa shape index (κ1) is 22.9. The number of aliphatic hydroxyl groups is 2. The summed E-state index contributed by atoms with van der Waals surface area (Å²) in [4.78, 5) is 11.5. The van der Waals surface area contributed by atoms with Gasteiger partial charge in [0.05, 0.1) is 19.3 Å². The van der Waals surface area contributed by atoms with Crippen molar-refractivity contribution in [2.45, 2.75) is 58.0 Å². The lowest BCUT2D eigenvalue weighted by molar-refractivity contribution is -0.0579. The molecule has 158 valence electrons. The molecule has 1 fully saturated rings. The molecule has 6 nitrogen and oxygen atoms in total. The number of aliphatic hydroxyl groups excluding tert-OH is 1. The Labute approximate surface area is 171 Å². The number of hydrogen-bond donors (Lipinski definition) is 2. The lowest BCUT2D eigenvalue weighted by Gasteiger charge is -2.28. The van der Waals surface area contributed by atoms with Gasteiger partial charge in [0.2, 0.25) is 0 Å². The predicted octanol–water partition coefficient (Wildman–Crippen LogP) is 3.32. The van der Waals surface area contributed by atoms with E-state index in [-0.39, 0.29) is 0 Å². The van der Waals surface area contributed by atoms with Crippen LogP contribution in [0.2, 0.25) is 0 Å². The standard InChI is InChI=1S/C23H30O6/c1-15(14-22(4)21(25)23(5,26)17(3)29-22)11-9-7-8-10-12-18-16(2)19(27-6)13-20(24)28-18/h7-14,17,21,25-26H,1-6H3/t17-,21-,22+,23-/m0/s1. The second kappa shape index (κ2) is 8.95. The second-order valence-electron chi connectivity index (χ2n) is 7.69. The summed E-state index contributed by atoms with van der Waals surface area (Å²) in [6.07, 6.45) is 11.1. The third-order valence-electron chi connectivity index (χ3n) is 5.22. The number of methoxy groups -OCH3 is 1. The monoisotopic (exact) mass is 402 g/mol. The van der Waals surface area contributed by atoms with Gasteiger partial charge in [0.15, 0.2) is 0 Å². The number of rotatable bonds is 6. The van der Waals surface area contributed by atoms with Gasteiger partial charge in [0, 0.05) is 5.56 Å². The predicted molar refractivity (Wildman–Crippen MR) is 113 cm³/mol. The average molecular weight is 402 g/mol. The van der Waals surface area contributed by atoms with E-state index in [1.807, 2.05) is 38.2 Å². The highest BCUT2D eigenvalue weighted by atomic mass is 16.6. The summed E-state index contributed by atoms with van der Waals surface area (Å²) in [6, 6.07) is 1.31. The third-order valence-corrected chi connectivity index (χ3v) is 5.22. The van der Waals surface area contributed by atoms with Gasteiger partial charge in [-0.2, -0.15) is 0 Å². The van der Waals surface area contributed by atoms with Gasteiger partial charge < -0.3 is 24.1 Å². The van der Waals surface area contributed by atoms with E-state index in [0.29, 0.717) is 11.5 Å². The molecular weight excluding hydrogens is 372 g/mol. The maximum absolute atomic E-state index is 11.5. The molecule has 2 rings (SSSR count). The summed E-state index contributed by atoms with van der Waals surface area (Å²) in [7, 11) is 1.51. The van der Waals surface area contributed by atoms with Gasteiger partial charge in [-0.25, -0.2) is 4.79 Å². The third kappa shape index (κ3) is 5.15. The van der Waals surface area contributed by atoms with Crippen LogP contribution in [-0.4, -0.2) is 40.7 Å². The van der Waals surface area contributed by atoms with Gasteiger partial charge >= 0.3 is 5.63 Å². The minimum atomic E-state index is -1.30. The molecule has 6 heteroatoms. The Morgan fingerprint density at radius 1 is 1.24 bits per heavy atom. The Morgan fingerprint density at radius 3 is 2.48 bits per heavy atom. The quantitative estimate of drug-likeness (QED) is 0.710. The highest BCUT2D eigenvalue weighted by Gasteiger charge is 2.55. The van der Waals surface area contributed by atoms with Crippen molar-refractivity contribution in [3.63, 3.8) is 0 Å². The zero-order chi connectivity index (χ0) is 21.8. The molecule has 0 bridgehead atoms. The summed E-state index contributed by atoms with van der Waals surface area (Å²) < 4.78 is 16.1. The van der Waals surface area contributed by atoms with Crippen molar-refractivity contribution >= 4 is 6.08 Å². The fourth-order valence-electron chi connectivity index (χ4n) is 3.38. The van der Waals surface area contributed by atoms with Crippen LogP contribution >= 0.6 is 0 Å². The van der Waals surface area contributed by atoms with E-state index in [0.717, 1.165) is 11.1 Å². The van der Waals surface area contributed by atoms with Crippen molar-refractivity contribution in [1.29, 1.82) is 0 Å². The Bertz CT molecular complexity index is 902. The molecule has 0 saturated carbocycles. The minimum Gasteiger partial charge on any atom is -0.496 e. The van der Waals surface area contributed by atoms with Crippen molar-refractivity contribution in [3.8, 4) is 5.75 Å². The van der Waals surface area contributed by atoms with Crippen molar-refractivity contribution in [1.82, 2.24) is 0 Å². The topological polar surface area (TPSA) is 89.1 Å². The molecule has 0 amide bonds. The maximum Gasteiger partial charge on any atom is 0.339 e. The second-order valence-corrected chi connectivity index (χ2v) is 7.69. The zero-order valence-electron chi connectivity index (χ0n) is 17.8. The molecule has 4 atom stereocenters. The number of ether oxygens (including phenoxy) is 2. The highest BCUT2D eigenvalue weighted by molar-refractivity contribution is 5.52. The van der Waals surface area contributed by atoms with Crippen molar-refractivity contribution in [2.75, 3.05) is 7.11 Å². The molecule has 1 aliphatic rings. The molecule has 1 saturated heterocycles. The van der Waals surface area contributed by atoms with Gasteiger partial charge in [-0.15, -0.1) is 0 Å². The van der Waals surface area contributed by atoms with E-state index in [2.05, 4.69) is 0 Å². The Balaban J connectivity index is 2.04. The lowest BCUT2D eigenvalue weighted by Crippen LogP contribution is -2.47. The van der Waals surface area contributed by atoms with Gasteiger partial charge in [-0.05, 0) is 46.8 Å². The molecular formula is C23H30O6. The van der Waals surface area contributed by atoms with Crippen molar-refractivity contribution in [3.05, 3.63) is 69.8 Å². The van der Waals surface area contributed by atoms with E-state index in [1.54, 1.807) is 39.0 Å². The van der Waals surface area contributed by atoms with Gasteiger partial charge in [0.25, 0.3) is 0 Å². The molecule has 2 heterocycles. The fraction of sp³-hybridized carbons (Fsp3) is 0.435. The Morgan fingerprint density at radius 2 is 1.90 bits per heavy atom.